The SMILES string of the molecule is Nc1nc2c(ncn2[C@@H]2C[C@H](COP(=O)(O)Oc3ccccc3F)[C@@H]2COP(=O)(O)Oc2ccccc2F)c(=O)[nH]1. The Hall–Kier alpha value is -3.65. The zero-order valence-corrected chi connectivity index (χ0v) is 22.7. The molecule has 5 atom stereocenters. The number of rotatable bonds is 11. The van der Waals surface area contributed by atoms with Crippen LogP contribution in [0.3, 0.4) is 0 Å². The molecule has 1 fully saturated rings. The van der Waals surface area contributed by atoms with Gasteiger partial charge in [-0.3, -0.25) is 28.6 Å². The molecule has 1 aliphatic carbocycles. The van der Waals surface area contributed by atoms with Crippen molar-refractivity contribution in [1.82, 2.24) is 19.5 Å². The molecule has 0 aliphatic heterocycles. The number of hydrogen-bond acceptors (Lipinski definition) is 10. The molecular formula is C23H23F2N5O9P2. The molecule has 41 heavy (non-hydrogen) atoms. The Kier molecular flexibility index (Phi) is 7.97. The first kappa shape index (κ1) is 28.9. The van der Waals surface area contributed by atoms with Crippen molar-refractivity contribution in [3.05, 3.63) is 76.8 Å². The third-order valence-corrected chi connectivity index (χ3v) is 8.24. The standard InChI is InChI=1S/C23H23F2N5O9P2/c24-15-5-1-3-7-18(15)38-40(32,33)36-10-13-9-17(30-12-27-20-21(30)28-23(26)29-22(20)31)14(13)11-37-41(34,35)39-19-8-4-2-6-16(19)25/h1-8,12-14,17H,9-11H2,(H,32,33)(H,34,35)(H3,26,28,29,31)/t13-,14+,17-/m1/s1. The van der Waals surface area contributed by atoms with E-state index in [1.807, 2.05) is 0 Å². The molecule has 5 N–H and O–H groups in total. The highest BCUT2D eigenvalue weighted by atomic mass is 31.2. The van der Waals surface area contributed by atoms with E-state index < -0.39 is 75.4 Å². The number of aromatic amines is 1. The van der Waals surface area contributed by atoms with Crippen molar-refractivity contribution in [2.24, 2.45) is 11.8 Å². The highest BCUT2D eigenvalue weighted by molar-refractivity contribution is 7.48. The van der Waals surface area contributed by atoms with Gasteiger partial charge in [-0.2, -0.15) is 4.98 Å². The fourth-order valence-electron chi connectivity index (χ4n) is 4.43. The van der Waals surface area contributed by atoms with E-state index in [0.29, 0.717) is 0 Å². The van der Waals surface area contributed by atoms with E-state index in [4.69, 9.17) is 23.8 Å². The lowest BCUT2D eigenvalue weighted by molar-refractivity contribution is -0.00458. The van der Waals surface area contributed by atoms with Crippen LogP contribution in [0, 0.1) is 23.5 Å². The summed E-state index contributed by atoms with van der Waals surface area (Å²) in [4.78, 5) is 43.1. The minimum atomic E-state index is -4.84. The number of nitrogens with zero attached hydrogens (tertiary/aromatic N) is 3. The Morgan fingerprint density at radius 1 is 0.976 bits per heavy atom. The number of benzene rings is 2. The van der Waals surface area contributed by atoms with Crippen LogP contribution in [0.15, 0.2) is 59.7 Å². The molecule has 0 amide bonds. The third-order valence-electron chi connectivity index (χ3n) is 6.43. The maximum absolute atomic E-state index is 13.9. The van der Waals surface area contributed by atoms with Gasteiger partial charge in [-0.1, -0.05) is 24.3 Å². The molecule has 14 nitrogen and oxygen atoms in total. The number of nitrogens with one attached hydrogen (secondary N) is 1. The summed E-state index contributed by atoms with van der Waals surface area (Å²) < 4.78 is 74.4. The number of fused-ring (bicyclic) bond motifs is 1. The number of phosphoric acid groups is 2. The number of hydrogen-bond donors (Lipinski definition) is 4. The average Bonchev–Trinajstić information content (AvgIpc) is 3.29. The number of imidazole rings is 1. The maximum atomic E-state index is 13.9. The number of anilines is 1. The first-order chi connectivity index (χ1) is 19.4. The zero-order valence-electron chi connectivity index (χ0n) is 20.9. The summed E-state index contributed by atoms with van der Waals surface area (Å²) in [6, 6.07) is 9.35. The quantitative estimate of drug-likeness (QED) is 0.180. The van der Waals surface area contributed by atoms with Gasteiger partial charge in [0.2, 0.25) is 5.95 Å². The molecule has 5 rings (SSSR count). The van der Waals surface area contributed by atoms with Crippen molar-refractivity contribution in [2.45, 2.75) is 12.5 Å². The largest absolute Gasteiger partial charge is 0.527 e. The van der Waals surface area contributed by atoms with Crippen molar-refractivity contribution in [2.75, 3.05) is 18.9 Å². The molecule has 0 saturated heterocycles. The number of phosphoric ester groups is 2. The fraction of sp³-hybridized carbons (Fsp3) is 0.261. The molecule has 218 valence electrons. The van der Waals surface area contributed by atoms with Crippen LogP contribution >= 0.6 is 15.6 Å². The molecule has 2 aromatic heterocycles. The average molecular weight is 613 g/mol. The lowest BCUT2D eigenvalue weighted by atomic mass is 9.70. The van der Waals surface area contributed by atoms with Gasteiger partial charge in [0.05, 0.1) is 19.5 Å². The smallest absolute Gasteiger partial charge is 0.401 e. The van der Waals surface area contributed by atoms with Crippen LogP contribution in [0.5, 0.6) is 11.5 Å². The first-order valence-corrected chi connectivity index (χ1v) is 15.0. The summed E-state index contributed by atoms with van der Waals surface area (Å²) in [5.41, 5.74) is 5.22. The van der Waals surface area contributed by atoms with Crippen molar-refractivity contribution < 1.29 is 45.8 Å². The summed E-state index contributed by atoms with van der Waals surface area (Å²) in [6.45, 7) is -0.872. The predicted molar refractivity (Wildman–Crippen MR) is 139 cm³/mol. The lowest BCUT2D eigenvalue weighted by Crippen LogP contribution is -2.43. The summed E-state index contributed by atoms with van der Waals surface area (Å²) in [7, 11) is -9.62. The lowest BCUT2D eigenvalue weighted by Gasteiger charge is -2.45. The molecule has 0 spiro atoms. The topological polar surface area (TPSA) is 201 Å². The van der Waals surface area contributed by atoms with Crippen LogP contribution in [0.4, 0.5) is 14.7 Å². The summed E-state index contributed by atoms with van der Waals surface area (Å²) in [5, 5.41) is 0. The Labute approximate surface area is 229 Å². The number of H-pyrrole nitrogens is 1. The van der Waals surface area contributed by atoms with E-state index in [9.17, 15) is 32.5 Å². The van der Waals surface area contributed by atoms with Crippen LogP contribution in [-0.4, -0.2) is 42.5 Å². The van der Waals surface area contributed by atoms with Crippen molar-refractivity contribution >= 4 is 32.8 Å². The molecule has 18 heteroatoms. The van der Waals surface area contributed by atoms with E-state index in [0.717, 1.165) is 24.3 Å². The molecule has 2 heterocycles. The summed E-state index contributed by atoms with van der Waals surface area (Å²) >= 11 is 0. The minimum absolute atomic E-state index is 0.00701. The van der Waals surface area contributed by atoms with Gasteiger partial charge in [0, 0.05) is 12.0 Å². The number of halogens is 2. The van der Waals surface area contributed by atoms with Crippen LogP contribution in [-0.2, 0) is 18.2 Å². The van der Waals surface area contributed by atoms with Gasteiger partial charge in [0.15, 0.2) is 34.3 Å². The van der Waals surface area contributed by atoms with Crippen molar-refractivity contribution in [1.29, 1.82) is 0 Å². The Balaban J connectivity index is 1.34. The van der Waals surface area contributed by atoms with E-state index in [1.54, 1.807) is 0 Å². The van der Waals surface area contributed by atoms with Crippen LogP contribution in [0.25, 0.3) is 11.2 Å². The maximum Gasteiger partial charge on any atom is 0.527 e. The van der Waals surface area contributed by atoms with Crippen molar-refractivity contribution in [3.8, 4) is 11.5 Å². The Bertz CT molecular complexity index is 1740. The summed E-state index contributed by atoms with van der Waals surface area (Å²) in [5.74, 6) is -4.19. The molecule has 0 bridgehead atoms. The monoisotopic (exact) mass is 613 g/mol. The number of nitrogen functional groups attached to an aromatic ring is 1. The molecule has 1 saturated carbocycles. The van der Waals surface area contributed by atoms with Gasteiger partial charge >= 0.3 is 15.6 Å². The highest BCUT2D eigenvalue weighted by Gasteiger charge is 2.46. The van der Waals surface area contributed by atoms with Gasteiger partial charge in [-0.05, 0) is 36.6 Å². The molecule has 2 unspecified atom stereocenters. The van der Waals surface area contributed by atoms with Crippen LogP contribution in [0.1, 0.15) is 12.5 Å². The normalized spacial score (nSPS) is 21.5. The predicted octanol–water partition coefficient (Wildman–Crippen LogP) is 3.55. The molecular weight excluding hydrogens is 590 g/mol. The Morgan fingerprint density at radius 3 is 2.12 bits per heavy atom. The molecule has 2 aromatic carbocycles. The van der Waals surface area contributed by atoms with Gasteiger partial charge in [0.25, 0.3) is 5.56 Å². The summed E-state index contributed by atoms with van der Waals surface area (Å²) in [6.07, 6.45) is 1.57. The van der Waals surface area contributed by atoms with Crippen LogP contribution < -0.4 is 20.3 Å². The van der Waals surface area contributed by atoms with Gasteiger partial charge < -0.3 is 19.3 Å². The van der Waals surface area contributed by atoms with Gasteiger partial charge in [0.1, 0.15) is 0 Å². The Morgan fingerprint density at radius 2 is 1.54 bits per heavy atom. The number of para-hydroxylation sites is 2. The fourth-order valence-corrected chi connectivity index (χ4v) is 6.07. The number of aromatic nitrogens is 4. The number of nitrogens with two attached hydrogens (primary N) is 1. The van der Waals surface area contributed by atoms with E-state index in [2.05, 4.69) is 15.0 Å². The van der Waals surface area contributed by atoms with E-state index in [-0.39, 0.29) is 23.5 Å². The zero-order chi connectivity index (χ0) is 29.4. The van der Waals surface area contributed by atoms with E-state index >= 15 is 0 Å². The molecule has 1 aliphatic rings. The second-order valence-electron chi connectivity index (χ2n) is 9.07. The minimum Gasteiger partial charge on any atom is -0.401 e. The second-order valence-corrected chi connectivity index (χ2v) is 11.8. The van der Waals surface area contributed by atoms with Gasteiger partial charge in [-0.15, -0.1) is 0 Å². The molecule has 0 radical (unpaired) electrons. The van der Waals surface area contributed by atoms with Crippen LogP contribution in [0.2, 0.25) is 0 Å². The van der Waals surface area contributed by atoms with E-state index in [1.165, 1.54) is 35.2 Å². The van der Waals surface area contributed by atoms with Gasteiger partial charge in [-0.25, -0.2) is 22.9 Å². The highest BCUT2D eigenvalue weighted by Crippen LogP contribution is 2.52. The molecule has 4 aromatic rings. The van der Waals surface area contributed by atoms with Crippen molar-refractivity contribution in [3.63, 3.8) is 0 Å². The second kappa shape index (κ2) is 11.3. The first-order valence-electron chi connectivity index (χ1n) is 12.0. The third kappa shape index (κ3) is 6.48.